The van der Waals surface area contributed by atoms with E-state index in [9.17, 15) is 10.2 Å². The summed E-state index contributed by atoms with van der Waals surface area (Å²) in [6.07, 6.45) is 3.42. The highest BCUT2D eigenvalue weighted by Gasteiger charge is 2.18. The third kappa shape index (κ3) is 12.6. The van der Waals surface area contributed by atoms with Gasteiger partial charge in [-0.1, -0.05) is 27.2 Å². The molecule has 116 valence electrons. The zero-order chi connectivity index (χ0) is 14.7. The molecular weight excluding hydrogens is 242 g/mol. The van der Waals surface area contributed by atoms with Crippen LogP contribution in [0.15, 0.2) is 0 Å². The highest BCUT2D eigenvalue weighted by Crippen LogP contribution is 2.09. The fourth-order valence-corrected chi connectivity index (χ4v) is 2.01. The standard InChI is InChI=1S/C15H33NO3/c1-5-8-15(4,18)12-16-10-14(17)11-19-9-6-7-13(2)3/h13-14,16-18H,5-12H2,1-4H3. The molecule has 4 heteroatoms. The SMILES string of the molecule is CCCC(C)(O)CNCC(O)COCCCC(C)C. The summed E-state index contributed by atoms with van der Waals surface area (Å²) in [4.78, 5) is 0. The molecule has 0 amide bonds. The van der Waals surface area contributed by atoms with E-state index in [-0.39, 0.29) is 0 Å². The van der Waals surface area contributed by atoms with Gasteiger partial charge in [0, 0.05) is 19.7 Å². The van der Waals surface area contributed by atoms with Crippen LogP contribution in [0.3, 0.4) is 0 Å². The van der Waals surface area contributed by atoms with Gasteiger partial charge in [-0.2, -0.15) is 0 Å². The summed E-state index contributed by atoms with van der Waals surface area (Å²) < 4.78 is 5.42. The molecule has 19 heavy (non-hydrogen) atoms. The lowest BCUT2D eigenvalue weighted by Crippen LogP contribution is -2.41. The first-order chi connectivity index (χ1) is 8.87. The van der Waals surface area contributed by atoms with E-state index in [1.54, 1.807) is 0 Å². The zero-order valence-corrected chi connectivity index (χ0v) is 13.1. The number of hydrogen-bond acceptors (Lipinski definition) is 4. The predicted molar refractivity (Wildman–Crippen MR) is 79.3 cm³/mol. The van der Waals surface area contributed by atoms with Gasteiger partial charge in [0.1, 0.15) is 0 Å². The van der Waals surface area contributed by atoms with Gasteiger partial charge < -0.3 is 20.3 Å². The third-order valence-corrected chi connectivity index (χ3v) is 3.05. The summed E-state index contributed by atoms with van der Waals surface area (Å²) in [5.41, 5.74) is -0.688. The summed E-state index contributed by atoms with van der Waals surface area (Å²) in [6.45, 7) is 10.3. The molecule has 0 bridgehead atoms. The van der Waals surface area contributed by atoms with Gasteiger partial charge in [0.25, 0.3) is 0 Å². The molecule has 2 unspecified atom stereocenters. The van der Waals surface area contributed by atoms with Crippen LogP contribution < -0.4 is 5.32 Å². The molecule has 0 aromatic carbocycles. The molecule has 2 atom stereocenters. The molecule has 0 aromatic heterocycles. The molecule has 3 N–H and O–H groups in total. The van der Waals surface area contributed by atoms with Gasteiger partial charge in [0.15, 0.2) is 0 Å². The van der Waals surface area contributed by atoms with Gasteiger partial charge in [-0.25, -0.2) is 0 Å². The molecule has 0 heterocycles. The molecular formula is C15H33NO3. The highest BCUT2D eigenvalue weighted by molar-refractivity contribution is 4.75. The zero-order valence-electron chi connectivity index (χ0n) is 13.1. The minimum absolute atomic E-state index is 0.362. The predicted octanol–water partition coefficient (Wildman–Crippen LogP) is 1.94. The van der Waals surface area contributed by atoms with Gasteiger partial charge in [-0.05, 0) is 32.1 Å². The van der Waals surface area contributed by atoms with Crippen LogP contribution in [-0.4, -0.2) is 48.2 Å². The lowest BCUT2D eigenvalue weighted by atomic mass is 10.0. The third-order valence-electron chi connectivity index (χ3n) is 3.05. The lowest BCUT2D eigenvalue weighted by Gasteiger charge is -2.24. The summed E-state index contributed by atoms with van der Waals surface area (Å²) in [5, 5.41) is 22.8. The molecule has 0 aliphatic rings. The Kier molecular flexibility index (Phi) is 10.5. The fourth-order valence-electron chi connectivity index (χ4n) is 2.01. The second-order valence-corrected chi connectivity index (χ2v) is 6.14. The molecule has 0 fully saturated rings. The Bertz CT molecular complexity index is 208. The summed E-state index contributed by atoms with van der Waals surface area (Å²) in [7, 11) is 0. The average Bonchev–Trinajstić information content (AvgIpc) is 2.27. The first kappa shape index (κ1) is 18.8. The van der Waals surface area contributed by atoms with E-state index in [1.807, 2.05) is 13.8 Å². The van der Waals surface area contributed by atoms with Crippen molar-refractivity contribution in [2.75, 3.05) is 26.3 Å². The van der Waals surface area contributed by atoms with Crippen LogP contribution in [0.1, 0.15) is 53.4 Å². The number of ether oxygens (including phenoxy) is 1. The molecule has 0 saturated heterocycles. The summed E-state index contributed by atoms with van der Waals surface area (Å²) in [6, 6.07) is 0. The van der Waals surface area contributed by atoms with Crippen molar-refractivity contribution in [2.45, 2.75) is 65.1 Å². The molecule has 4 nitrogen and oxygen atoms in total. The van der Waals surface area contributed by atoms with Crippen molar-refractivity contribution in [3.05, 3.63) is 0 Å². The largest absolute Gasteiger partial charge is 0.389 e. The van der Waals surface area contributed by atoms with Gasteiger partial charge in [-0.3, -0.25) is 0 Å². The summed E-state index contributed by atoms with van der Waals surface area (Å²) in [5.74, 6) is 0.705. The Morgan fingerprint density at radius 2 is 2.00 bits per heavy atom. The first-order valence-electron chi connectivity index (χ1n) is 7.56. The maximum absolute atomic E-state index is 9.95. The van der Waals surface area contributed by atoms with Gasteiger partial charge in [0.2, 0.25) is 0 Å². The fraction of sp³-hybridized carbons (Fsp3) is 1.00. The van der Waals surface area contributed by atoms with Crippen molar-refractivity contribution in [3.63, 3.8) is 0 Å². The Hall–Kier alpha value is -0.160. The van der Waals surface area contributed by atoms with Crippen molar-refractivity contribution in [1.82, 2.24) is 5.32 Å². The normalized spacial score (nSPS) is 16.6. The summed E-state index contributed by atoms with van der Waals surface area (Å²) >= 11 is 0. The van der Waals surface area contributed by atoms with E-state index < -0.39 is 11.7 Å². The van der Waals surface area contributed by atoms with Crippen molar-refractivity contribution < 1.29 is 14.9 Å². The Labute approximate surface area is 118 Å². The molecule has 0 aliphatic carbocycles. The minimum atomic E-state index is -0.688. The molecule has 0 spiro atoms. The van der Waals surface area contributed by atoms with Crippen molar-refractivity contribution in [1.29, 1.82) is 0 Å². The average molecular weight is 275 g/mol. The quantitative estimate of drug-likeness (QED) is 0.476. The molecule has 0 aliphatic heterocycles. The lowest BCUT2D eigenvalue weighted by molar-refractivity contribution is 0.0228. The molecule has 0 rings (SSSR count). The Morgan fingerprint density at radius 3 is 2.58 bits per heavy atom. The number of nitrogens with one attached hydrogen (secondary N) is 1. The van der Waals surface area contributed by atoms with E-state index in [0.29, 0.717) is 32.2 Å². The molecule has 0 aromatic rings. The number of rotatable bonds is 12. The van der Waals surface area contributed by atoms with E-state index >= 15 is 0 Å². The maximum Gasteiger partial charge on any atom is 0.0897 e. The monoisotopic (exact) mass is 275 g/mol. The van der Waals surface area contributed by atoms with Crippen molar-refractivity contribution in [2.24, 2.45) is 5.92 Å². The van der Waals surface area contributed by atoms with Crippen molar-refractivity contribution in [3.8, 4) is 0 Å². The van der Waals surface area contributed by atoms with Gasteiger partial charge >= 0.3 is 0 Å². The van der Waals surface area contributed by atoms with Crippen LogP contribution in [-0.2, 0) is 4.74 Å². The highest BCUT2D eigenvalue weighted by atomic mass is 16.5. The Balaban J connectivity index is 3.46. The number of aliphatic hydroxyl groups is 2. The van der Waals surface area contributed by atoms with Crippen LogP contribution in [0.5, 0.6) is 0 Å². The van der Waals surface area contributed by atoms with Crippen LogP contribution in [0, 0.1) is 5.92 Å². The number of aliphatic hydroxyl groups excluding tert-OH is 1. The topological polar surface area (TPSA) is 61.7 Å². The van der Waals surface area contributed by atoms with E-state index in [2.05, 4.69) is 19.2 Å². The van der Waals surface area contributed by atoms with E-state index in [4.69, 9.17) is 4.74 Å². The second-order valence-electron chi connectivity index (χ2n) is 6.14. The molecule has 0 radical (unpaired) electrons. The van der Waals surface area contributed by atoms with Gasteiger partial charge in [-0.15, -0.1) is 0 Å². The molecule has 0 saturated carbocycles. The number of hydrogen-bond donors (Lipinski definition) is 3. The van der Waals surface area contributed by atoms with Crippen molar-refractivity contribution >= 4 is 0 Å². The van der Waals surface area contributed by atoms with Gasteiger partial charge in [0.05, 0.1) is 18.3 Å². The van der Waals surface area contributed by atoms with E-state index in [1.165, 1.54) is 0 Å². The maximum atomic E-state index is 9.95. The van der Waals surface area contributed by atoms with E-state index in [0.717, 1.165) is 25.7 Å². The van der Waals surface area contributed by atoms with Crippen LogP contribution in [0.4, 0.5) is 0 Å². The van der Waals surface area contributed by atoms with Crippen LogP contribution in [0.2, 0.25) is 0 Å². The first-order valence-corrected chi connectivity index (χ1v) is 7.56. The Morgan fingerprint density at radius 1 is 1.32 bits per heavy atom. The second kappa shape index (κ2) is 10.6. The van der Waals surface area contributed by atoms with Crippen LogP contribution in [0.25, 0.3) is 0 Å². The minimum Gasteiger partial charge on any atom is -0.389 e. The smallest absolute Gasteiger partial charge is 0.0897 e. The van der Waals surface area contributed by atoms with Crippen LogP contribution >= 0.6 is 0 Å².